The molecule has 2 heteroatoms. The molecule has 0 radical (unpaired) electrons. The second-order valence-corrected chi connectivity index (χ2v) is 2.91. The molecule has 1 heterocycles. The summed E-state index contributed by atoms with van der Waals surface area (Å²) in [5, 5.41) is 4.23. The molecule has 2 rings (SSSR count). The van der Waals surface area contributed by atoms with Crippen molar-refractivity contribution in [1.82, 2.24) is 9.78 Å². The molecular weight excluding hydrogens is 136 g/mol. The van der Waals surface area contributed by atoms with Gasteiger partial charge in [-0.3, -0.25) is 4.68 Å². The minimum Gasteiger partial charge on any atom is -0.268 e. The van der Waals surface area contributed by atoms with Gasteiger partial charge in [-0.15, -0.1) is 6.42 Å². The van der Waals surface area contributed by atoms with Crippen LogP contribution >= 0.6 is 0 Å². The van der Waals surface area contributed by atoms with Gasteiger partial charge in [-0.05, 0) is 31.2 Å². The molecule has 2 nitrogen and oxygen atoms in total. The van der Waals surface area contributed by atoms with Gasteiger partial charge in [0.05, 0.1) is 6.04 Å². The predicted octanol–water partition coefficient (Wildman–Crippen LogP) is 1.59. The maximum atomic E-state index is 5.20. The second-order valence-electron chi connectivity index (χ2n) is 2.91. The van der Waals surface area contributed by atoms with Gasteiger partial charge in [-0.1, -0.05) is 0 Å². The highest BCUT2D eigenvalue weighted by atomic mass is 15.3. The van der Waals surface area contributed by atoms with Crippen LogP contribution in [-0.4, -0.2) is 9.78 Å². The number of aromatic nitrogens is 2. The van der Waals surface area contributed by atoms with Crippen LogP contribution in [0.3, 0.4) is 0 Å². The molecule has 1 aliphatic rings. The fraction of sp³-hybridized carbons (Fsp3) is 0.444. The van der Waals surface area contributed by atoms with Crippen LogP contribution in [-0.2, 0) is 0 Å². The van der Waals surface area contributed by atoms with Gasteiger partial charge in [0.15, 0.2) is 0 Å². The first-order valence-electron chi connectivity index (χ1n) is 3.92. The summed E-state index contributed by atoms with van der Waals surface area (Å²) in [6.45, 7) is 0. The molecule has 11 heavy (non-hydrogen) atoms. The first kappa shape index (κ1) is 6.48. The van der Waals surface area contributed by atoms with Crippen molar-refractivity contribution in [1.29, 1.82) is 0 Å². The van der Waals surface area contributed by atoms with Gasteiger partial charge < -0.3 is 0 Å². The molecule has 0 amide bonds. The van der Waals surface area contributed by atoms with Crippen LogP contribution in [0.25, 0.3) is 0 Å². The Morgan fingerprint density at radius 1 is 1.64 bits per heavy atom. The summed E-state index contributed by atoms with van der Waals surface area (Å²) in [5.41, 5.74) is 0.747. The SMILES string of the molecule is C#Cc1ccn(C2CCC2)n1. The normalized spacial score (nSPS) is 17.4. The Morgan fingerprint density at radius 2 is 2.45 bits per heavy atom. The first-order chi connectivity index (χ1) is 5.40. The van der Waals surface area contributed by atoms with Gasteiger partial charge in [-0.25, -0.2) is 0 Å². The van der Waals surface area contributed by atoms with Crippen LogP contribution in [0.5, 0.6) is 0 Å². The van der Waals surface area contributed by atoms with E-state index < -0.39 is 0 Å². The van der Waals surface area contributed by atoms with E-state index in [4.69, 9.17) is 6.42 Å². The lowest BCUT2D eigenvalue weighted by Gasteiger charge is -2.25. The van der Waals surface area contributed by atoms with E-state index in [1.165, 1.54) is 19.3 Å². The zero-order valence-electron chi connectivity index (χ0n) is 6.33. The fourth-order valence-corrected chi connectivity index (χ4v) is 1.27. The molecule has 0 atom stereocenters. The third kappa shape index (κ3) is 1.03. The molecule has 0 saturated heterocycles. The minimum atomic E-state index is 0.622. The topological polar surface area (TPSA) is 17.8 Å². The van der Waals surface area contributed by atoms with E-state index in [9.17, 15) is 0 Å². The molecule has 0 aliphatic heterocycles. The molecule has 1 aromatic heterocycles. The number of rotatable bonds is 1. The number of terminal acetylenes is 1. The van der Waals surface area contributed by atoms with Crippen LogP contribution in [0.15, 0.2) is 12.3 Å². The Hall–Kier alpha value is -1.23. The van der Waals surface area contributed by atoms with Crippen molar-refractivity contribution in [3.8, 4) is 12.3 Å². The molecule has 1 aliphatic carbocycles. The van der Waals surface area contributed by atoms with Crippen molar-refractivity contribution in [3.63, 3.8) is 0 Å². The Morgan fingerprint density at radius 3 is 2.91 bits per heavy atom. The van der Waals surface area contributed by atoms with E-state index in [0.29, 0.717) is 6.04 Å². The number of hydrogen-bond acceptors (Lipinski definition) is 1. The van der Waals surface area contributed by atoms with Crippen LogP contribution in [0.2, 0.25) is 0 Å². The van der Waals surface area contributed by atoms with E-state index in [-0.39, 0.29) is 0 Å². The van der Waals surface area contributed by atoms with Crippen LogP contribution in [0, 0.1) is 12.3 Å². The molecule has 1 aromatic rings. The molecule has 0 unspecified atom stereocenters. The second kappa shape index (κ2) is 2.43. The lowest BCUT2D eigenvalue weighted by Crippen LogP contribution is -2.17. The fourth-order valence-electron chi connectivity index (χ4n) is 1.27. The number of hydrogen-bond donors (Lipinski definition) is 0. The van der Waals surface area contributed by atoms with Crippen LogP contribution in [0.1, 0.15) is 31.0 Å². The van der Waals surface area contributed by atoms with Gasteiger partial charge >= 0.3 is 0 Å². The summed E-state index contributed by atoms with van der Waals surface area (Å²) >= 11 is 0. The molecule has 0 aromatic carbocycles. The Balaban J connectivity index is 2.19. The number of nitrogens with zero attached hydrogens (tertiary/aromatic N) is 2. The summed E-state index contributed by atoms with van der Waals surface area (Å²) in [4.78, 5) is 0. The standard InChI is InChI=1S/C9H10N2/c1-2-8-6-7-11(10-8)9-4-3-5-9/h1,6-7,9H,3-5H2. The summed E-state index contributed by atoms with van der Waals surface area (Å²) < 4.78 is 1.98. The largest absolute Gasteiger partial charge is 0.268 e. The van der Waals surface area contributed by atoms with Crippen LogP contribution < -0.4 is 0 Å². The van der Waals surface area contributed by atoms with Crippen molar-refractivity contribution in [2.75, 3.05) is 0 Å². The van der Waals surface area contributed by atoms with Gasteiger partial charge in [0.25, 0.3) is 0 Å². The smallest absolute Gasteiger partial charge is 0.134 e. The maximum Gasteiger partial charge on any atom is 0.134 e. The monoisotopic (exact) mass is 146 g/mol. The highest BCUT2D eigenvalue weighted by Gasteiger charge is 2.19. The van der Waals surface area contributed by atoms with Crippen LogP contribution in [0.4, 0.5) is 0 Å². The van der Waals surface area contributed by atoms with E-state index >= 15 is 0 Å². The molecule has 1 fully saturated rings. The Bertz CT molecular complexity index is 289. The van der Waals surface area contributed by atoms with Crippen molar-refractivity contribution in [2.24, 2.45) is 0 Å². The van der Waals surface area contributed by atoms with Crippen molar-refractivity contribution in [2.45, 2.75) is 25.3 Å². The minimum absolute atomic E-state index is 0.622. The summed E-state index contributed by atoms with van der Waals surface area (Å²) in [6.07, 6.45) is 11.0. The third-order valence-corrected chi connectivity index (χ3v) is 2.21. The average molecular weight is 146 g/mol. The summed E-state index contributed by atoms with van der Waals surface area (Å²) in [7, 11) is 0. The highest BCUT2D eigenvalue weighted by molar-refractivity contribution is 5.21. The van der Waals surface area contributed by atoms with Gasteiger partial charge in [0.2, 0.25) is 0 Å². The zero-order chi connectivity index (χ0) is 7.68. The van der Waals surface area contributed by atoms with Gasteiger partial charge in [-0.2, -0.15) is 5.10 Å². The lowest BCUT2D eigenvalue weighted by molar-refractivity contribution is 0.289. The lowest BCUT2D eigenvalue weighted by atomic mass is 9.93. The van der Waals surface area contributed by atoms with Gasteiger partial charge in [0.1, 0.15) is 5.69 Å². The molecule has 0 N–H and O–H groups in total. The Kier molecular flexibility index (Phi) is 1.43. The first-order valence-corrected chi connectivity index (χ1v) is 3.92. The van der Waals surface area contributed by atoms with E-state index in [0.717, 1.165) is 5.69 Å². The maximum absolute atomic E-state index is 5.20. The molecule has 56 valence electrons. The van der Waals surface area contributed by atoms with E-state index in [1.807, 2.05) is 16.9 Å². The summed E-state index contributed by atoms with van der Waals surface area (Å²) in [6, 6.07) is 2.51. The molecular formula is C9H10N2. The van der Waals surface area contributed by atoms with Crippen molar-refractivity contribution < 1.29 is 0 Å². The Labute approximate surface area is 66.2 Å². The average Bonchev–Trinajstić information content (AvgIpc) is 2.32. The molecule has 0 spiro atoms. The highest BCUT2D eigenvalue weighted by Crippen LogP contribution is 2.30. The van der Waals surface area contributed by atoms with Gasteiger partial charge in [0, 0.05) is 6.20 Å². The third-order valence-electron chi connectivity index (χ3n) is 2.21. The summed E-state index contributed by atoms with van der Waals surface area (Å²) in [5.74, 6) is 2.52. The van der Waals surface area contributed by atoms with E-state index in [2.05, 4.69) is 11.0 Å². The van der Waals surface area contributed by atoms with Crippen molar-refractivity contribution in [3.05, 3.63) is 18.0 Å². The predicted molar refractivity (Wildman–Crippen MR) is 43.1 cm³/mol. The zero-order valence-corrected chi connectivity index (χ0v) is 6.33. The molecule has 0 bridgehead atoms. The molecule has 1 saturated carbocycles. The van der Waals surface area contributed by atoms with E-state index in [1.54, 1.807) is 0 Å². The quantitative estimate of drug-likeness (QED) is 0.550. The van der Waals surface area contributed by atoms with Crippen molar-refractivity contribution >= 4 is 0 Å².